The van der Waals surface area contributed by atoms with Crippen LogP contribution >= 0.6 is 0 Å². The molecule has 0 aliphatic rings. The lowest BCUT2D eigenvalue weighted by atomic mass is 9.88. The zero-order valence-electron chi connectivity index (χ0n) is 13.4. The standard InChI is InChI=1S/C20H25/c1-6-17-11-18(7-2)13-20(12-17)16(5)19-9-8-14(3)15(4)10-19/h8-13H,6-7H2,1-5H3. The van der Waals surface area contributed by atoms with Gasteiger partial charge in [0.25, 0.3) is 0 Å². The molecule has 0 saturated carbocycles. The molecule has 2 aromatic carbocycles. The van der Waals surface area contributed by atoms with Crippen molar-refractivity contribution in [3.63, 3.8) is 0 Å². The maximum Gasteiger partial charge on any atom is 0.0309 e. The van der Waals surface area contributed by atoms with Crippen LogP contribution in [0.4, 0.5) is 0 Å². The van der Waals surface area contributed by atoms with Crippen LogP contribution in [0.2, 0.25) is 0 Å². The highest BCUT2D eigenvalue weighted by molar-refractivity contribution is 5.49. The minimum absolute atomic E-state index is 1.10. The van der Waals surface area contributed by atoms with Crippen molar-refractivity contribution >= 4 is 0 Å². The minimum atomic E-state index is 1.10. The Labute approximate surface area is 123 Å². The first-order chi connectivity index (χ1) is 9.55. The summed E-state index contributed by atoms with van der Waals surface area (Å²) in [5, 5.41) is 0. The monoisotopic (exact) mass is 265 g/mol. The first-order valence-corrected chi connectivity index (χ1v) is 7.59. The van der Waals surface area contributed by atoms with Gasteiger partial charge in [-0.25, -0.2) is 0 Å². The lowest BCUT2D eigenvalue weighted by molar-refractivity contribution is 1.06. The number of benzene rings is 2. The van der Waals surface area contributed by atoms with Crippen molar-refractivity contribution in [2.24, 2.45) is 0 Å². The van der Waals surface area contributed by atoms with Gasteiger partial charge in [0.2, 0.25) is 0 Å². The van der Waals surface area contributed by atoms with Gasteiger partial charge in [-0.2, -0.15) is 0 Å². The molecule has 105 valence electrons. The maximum atomic E-state index is 2.34. The van der Waals surface area contributed by atoms with Gasteiger partial charge in [-0.05, 0) is 60.1 Å². The Hall–Kier alpha value is -1.56. The SMILES string of the molecule is CCc1cc(CC)cc([C](C)c2ccc(C)c(C)c2)c1. The van der Waals surface area contributed by atoms with Crippen LogP contribution in [-0.2, 0) is 12.8 Å². The van der Waals surface area contributed by atoms with Crippen LogP contribution in [0.1, 0.15) is 54.2 Å². The molecule has 20 heavy (non-hydrogen) atoms. The molecule has 0 N–H and O–H groups in total. The van der Waals surface area contributed by atoms with Gasteiger partial charge in [0.05, 0.1) is 0 Å². The molecule has 0 unspecified atom stereocenters. The normalized spacial score (nSPS) is 11.1. The molecule has 0 aliphatic carbocycles. The Morgan fingerprint density at radius 2 is 1.35 bits per heavy atom. The van der Waals surface area contributed by atoms with Crippen molar-refractivity contribution < 1.29 is 0 Å². The molecule has 2 rings (SSSR count). The predicted octanol–water partition coefficient (Wildman–Crippen LogP) is 5.42. The lowest BCUT2D eigenvalue weighted by Crippen LogP contribution is -2.01. The van der Waals surface area contributed by atoms with E-state index in [0.29, 0.717) is 0 Å². The Morgan fingerprint density at radius 3 is 1.85 bits per heavy atom. The molecule has 0 aromatic heterocycles. The minimum Gasteiger partial charge on any atom is -0.0613 e. The Morgan fingerprint density at radius 1 is 0.750 bits per heavy atom. The van der Waals surface area contributed by atoms with Gasteiger partial charge < -0.3 is 0 Å². The van der Waals surface area contributed by atoms with E-state index in [-0.39, 0.29) is 0 Å². The summed E-state index contributed by atoms with van der Waals surface area (Å²) in [5.41, 5.74) is 8.29. The zero-order chi connectivity index (χ0) is 14.7. The molecule has 2 aromatic rings. The van der Waals surface area contributed by atoms with Crippen LogP contribution in [0.5, 0.6) is 0 Å². The molecule has 0 saturated heterocycles. The smallest absolute Gasteiger partial charge is 0.0309 e. The highest BCUT2D eigenvalue weighted by Gasteiger charge is 2.11. The quantitative estimate of drug-likeness (QED) is 0.692. The molecule has 1 radical (unpaired) electrons. The van der Waals surface area contributed by atoms with E-state index in [1.54, 1.807) is 0 Å². The lowest BCUT2D eigenvalue weighted by Gasteiger charge is -2.16. The maximum absolute atomic E-state index is 2.34. The van der Waals surface area contributed by atoms with Crippen LogP contribution < -0.4 is 0 Å². The molecule has 0 aliphatic heterocycles. The largest absolute Gasteiger partial charge is 0.0613 e. The molecule has 0 bridgehead atoms. The van der Waals surface area contributed by atoms with Gasteiger partial charge in [0.15, 0.2) is 0 Å². The van der Waals surface area contributed by atoms with Crippen molar-refractivity contribution in [3.05, 3.63) is 75.7 Å². The third-order valence-corrected chi connectivity index (χ3v) is 4.24. The van der Waals surface area contributed by atoms with Gasteiger partial charge in [-0.1, -0.05) is 57.2 Å². The summed E-state index contributed by atoms with van der Waals surface area (Å²) in [6.45, 7) is 11.0. The van der Waals surface area contributed by atoms with Gasteiger partial charge in [0.1, 0.15) is 0 Å². The van der Waals surface area contributed by atoms with E-state index in [1.165, 1.54) is 39.3 Å². The average Bonchev–Trinajstić information content (AvgIpc) is 2.48. The van der Waals surface area contributed by atoms with Crippen molar-refractivity contribution in [1.82, 2.24) is 0 Å². The fourth-order valence-electron chi connectivity index (χ4n) is 2.53. The molecule has 0 nitrogen and oxygen atoms in total. The summed E-state index contributed by atoms with van der Waals surface area (Å²) in [6, 6.07) is 13.8. The van der Waals surface area contributed by atoms with Crippen molar-refractivity contribution in [2.45, 2.75) is 47.5 Å². The summed E-state index contributed by atoms with van der Waals surface area (Å²) in [4.78, 5) is 0. The molecule has 0 amide bonds. The number of hydrogen-bond acceptors (Lipinski definition) is 0. The van der Waals surface area contributed by atoms with Gasteiger partial charge in [-0.3, -0.25) is 0 Å². The summed E-state index contributed by atoms with van der Waals surface area (Å²) in [6.07, 6.45) is 2.20. The summed E-state index contributed by atoms with van der Waals surface area (Å²) >= 11 is 0. The van der Waals surface area contributed by atoms with E-state index in [2.05, 4.69) is 71.0 Å². The average molecular weight is 265 g/mol. The third-order valence-electron chi connectivity index (χ3n) is 4.24. The van der Waals surface area contributed by atoms with Crippen molar-refractivity contribution in [1.29, 1.82) is 0 Å². The molecular formula is C20H25. The van der Waals surface area contributed by atoms with Gasteiger partial charge in [-0.15, -0.1) is 0 Å². The Kier molecular flexibility index (Phi) is 4.65. The second kappa shape index (κ2) is 6.26. The van der Waals surface area contributed by atoms with Crippen LogP contribution in [-0.4, -0.2) is 0 Å². The van der Waals surface area contributed by atoms with E-state index in [4.69, 9.17) is 0 Å². The second-order valence-corrected chi connectivity index (χ2v) is 5.67. The van der Waals surface area contributed by atoms with E-state index in [9.17, 15) is 0 Å². The van der Waals surface area contributed by atoms with E-state index in [0.717, 1.165) is 12.8 Å². The van der Waals surface area contributed by atoms with Crippen LogP contribution in [0.15, 0.2) is 36.4 Å². The van der Waals surface area contributed by atoms with Crippen LogP contribution in [0, 0.1) is 19.8 Å². The molecule has 0 spiro atoms. The Bertz CT molecular complexity index is 571. The fraction of sp³-hybridized carbons (Fsp3) is 0.350. The first kappa shape index (κ1) is 14.8. The molecule has 0 fully saturated rings. The van der Waals surface area contributed by atoms with Crippen LogP contribution in [0.25, 0.3) is 0 Å². The number of aryl methyl sites for hydroxylation is 4. The Balaban J connectivity index is 2.41. The predicted molar refractivity (Wildman–Crippen MR) is 88.2 cm³/mol. The van der Waals surface area contributed by atoms with Gasteiger partial charge in [0, 0.05) is 5.92 Å². The number of hydrogen-bond donors (Lipinski definition) is 0. The molecule has 0 heterocycles. The topological polar surface area (TPSA) is 0 Å². The van der Waals surface area contributed by atoms with Crippen molar-refractivity contribution in [2.75, 3.05) is 0 Å². The van der Waals surface area contributed by atoms with Crippen molar-refractivity contribution in [3.8, 4) is 0 Å². The van der Waals surface area contributed by atoms with E-state index < -0.39 is 0 Å². The van der Waals surface area contributed by atoms with Crippen LogP contribution in [0.3, 0.4) is 0 Å². The summed E-state index contributed by atoms with van der Waals surface area (Å²) in [5.74, 6) is 1.37. The summed E-state index contributed by atoms with van der Waals surface area (Å²) < 4.78 is 0. The second-order valence-electron chi connectivity index (χ2n) is 5.67. The van der Waals surface area contributed by atoms with Gasteiger partial charge >= 0.3 is 0 Å². The number of rotatable bonds is 4. The first-order valence-electron chi connectivity index (χ1n) is 7.59. The fourth-order valence-corrected chi connectivity index (χ4v) is 2.53. The zero-order valence-corrected chi connectivity index (χ0v) is 13.4. The molecular weight excluding hydrogens is 240 g/mol. The summed E-state index contributed by atoms with van der Waals surface area (Å²) in [7, 11) is 0. The highest BCUT2D eigenvalue weighted by Crippen LogP contribution is 2.27. The molecule has 0 atom stereocenters. The highest BCUT2D eigenvalue weighted by atomic mass is 14.2. The third kappa shape index (κ3) is 3.12. The molecule has 0 heteroatoms. The van der Waals surface area contributed by atoms with E-state index in [1.807, 2.05) is 0 Å². The van der Waals surface area contributed by atoms with E-state index >= 15 is 0 Å².